The summed E-state index contributed by atoms with van der Waals surface area (Å²) in [6.45, 7) is 2.24. The van der Waals surface area contributed by atoms with Gasteiger partial charge < -0.3 is 10.2 Å². The zero-order valence-corrected chi connectivity index (χ0v) is 14.6. The van der Waals surface area contributed by atoms with Gasteiger partial charge in [-0.3, -0.25) is 9.59 Å². The van der Waals surface area contributed by atoms with Crippen molar-refractivity contribution in [3.63, 3.8) is 0 Å². The number of hydrogen-bond donors (Lipinski definition) is 2. The molecule has 0 heterocycles. The molecular formula is C19H34O4. The van der Waals surface area contributed by atoms with Crippen LogP contribution in [0.2, 0.25) is 0 Å². The van der Waals surface area contributed by atoms with Gasteiger partial charge in [-0.15, -0.1) is 0 Å². The van der Waals surface area contributed by atoms with Crippen LogP contribution in [0.5, 0.6) is 0 Å². The molecule has 23 heavy (non-hydrogen) atoms. The van der Waals surface area contributed by atoms with E-state index in [9.17, 15) is 9.59 Å². The minimum Gasteiger partial charge on any atom is -0.481 e. The number of carboxylic acids is 2. The smallest absolute Gasteiger partial charge is 0.310 e. The Balaban J connectivity index is 3.53. The van der Waals surface area contributed by atoms with E-state index in [1.807, 2.05) is 6.08 Å². The second-order valence-corrected chi connectivity index (χ2v) is 6.28. The molecule has 4 heteroatoms. The molecule has 134 valence electrons. The number of carbonyl (C=O) groups is 2. The van der Waals surface area contributed by atoms with Gasteiger partial charge >= 0.3 is 11.9 Å². The van der Waals surface area contributed by atoms with Crippen LogP contribution in [0.15, 0.2) is 12.2 Å². The van der Waals surface area contributed by atoms with Crippen LogP contribution in [0, 0.1) is 5.92 Å². The van der Waals surface area contributed by atoms with E-state index in [2.05, 4.69) is 6.92 Å². The Labute approximate surface area is 141 Å². The molecule has 0 aromatic heterocycles. The van der Waals surface area contributed by atoms with Crippen LogP contribution in [-0.4, -0.2) is 22.2 Å². The number of unbranched alkanes of at least 4 members (excludes halogenated alkanes) is 10. The van der Waals surface area contributed by atoms with Gasteiger partial charge in [0.25, 0.3) is 0 Å². The average molecular weight is 326 g/mol. The van der Waals surface area contributed by atoms with Crippen LogP contribution >= 0.6 is 0 Å². The lowest BCUT2D eigenvalue weighted by atomic mass is 10.0. The number of allylic oxidation sites excluding steroid dienone is 1. The van der Waals surface area contributed by atoms with Crippen molar-refractivity contribution in [2.45, 2.75) is 90.4 Å². The zero-order chi connectivity index (χ0) is 17.3. The Hall–Kier alpha value is -1.32. The lowest BCUT2D eigenvalue weighted by Gasteiger charge is -2.05. The predicted octanol–water partition coefficient (Wildman–Crippen LogP) is 5.42. The Morgan fingerprint density at radius 1 is 0.870 bits per heavy atom. The van der Waals surface area contributed by atoms with E-state index >= 15 is 0 Å². The summed E-state index contributed by atoms with van der Waals surface area (Å²) in [5.41, 5.74) is 0. The number of hydrogen-bond acceptors (Lipinski definition) is 2. The molecule has 1 unspecified atom stereocenters. The molecule has 0 aliphatic rings. The summed E-state index contributed by atoms with van der Waals surface area (Å²) >= 11 is 0. The van der Waals surface area contributed by atoms with Crippen molar-refractivity contribution in [2.75, 3.05) is 0 Å². The molecule has 0 rings (SSSR count). The molecule has 0 saturated heterocycles. The van der Waals surface area contributed by atoms with E-state index in [0.717, 1.165) is 12.8 Å². The van der Waals surface area contributed by atoms with E-state index in [1.165, 1.54) is 57.8 Å². The minimum atomic E-state index is -0.945. The highest BCUT2D eigenvalue weighted by molar-refractivity contribution is 5.73. The van der Waals surface area contributed by atoms with E-state index in [0.29, 0.717) is 0 Å². The Kier molecular flexibility index (Phi) is 14.7. The van der Waals surface area contributed by atoms with Gasteiger partial charge in [-0.1, -0.05) is 76.9 Å². The van der Waals surface area contributed by atoms with Crippen molar-refractivity contribution in [1.29, 1.82) is 0 Å². The molecule has 4 nitrogen and oxygen atoms in total. The molecule has 0 aliphatic heterocycles. The highest BCUT2D eigenvalue weighted by Crippen LogP contribution is 2.13. The molecule has 0 saturated carbocycles. The average Bonchev–Trinajstić information content (AvgIpc) is 2.50. The minimum absolute atomic E-state index is 0.0977. The second-order valence-electron chi connectivity index (χ2n) is 6.28. The van der Waals surface area contributed by atoms with Gasteiger partial charge in [0.15, 0.2) is 0 Å². The summed E-state index contributed by atoms with van der Waals surface area (Å²) < 4.78 is 0. The third kappa shape index (κ3) is 15.4. The van der Waals surface area contributed by atoms with Gasteiger partial charge in [0.2, 0.25) is 0 Å². The summed E-state index contributed by atoms with van der Waals surface area (Å²) in [6, 6.07) is 0. The standard InChI is InChI=1S/C19H34O4/c1-2-3-4-5-6-7-8-9-10-11-12-13-14-17(19(22)23)15-16-18(20)21/h13-14,17H,2-12,15-16H2,1H3,(H,20,21)(H,22,23). The van der Waals surface area contributed by atoms with Gasteiger partial charge in [0.05, 0.1) is 5.92 Å². The molecule has 0 spiro atoms. The van der Waals surface area contributed by atoms with Crippen molar-refractivity contribution < 1.29 is 19.8 Å². The van der Waals surface area contributed by atoms with E-state index in [4.69, 9.17) is 10.2 Å². The van der Waals surface area contributed by atoms with Gasteiger partial charge in [-0.05, 0) is 19.3 Å². The quantitative estimate of drug-likeness (QED) is 0.293. The SMILES string of the molecule is CCCCCCCCCCCCC=CC(CCC(=O)O)C(=O)O. The summed E-state index contributed by atoms with van der Waals surface area (Å²) in [7, 11) is 0. The first kappa shape index (κ1) is 21.7. The summed E-state index contributed by atoms with van der Waals surface area (Å²) in [6.07, 6.45) is 17.4. The fourth-order valence-electron chi connectivity index (χ4n) is 2.59. The first-order valence-electron chi connectivity index (χ1n) is 9.19. The van der Waals surface area contributed by atoms with Crippen molar-refractivity contribution in [3.05, 3.63) is 12.2 Å². The van der Waals surface area contributed by atoms with Crippen molar-refractivity contribution in [3.8, 4) is 0 Å². The maximum absolute atomic E-state index is 11.0. The zero-order valence-electron chi connectivity index (χ0n) is 14.6. The van der Waals surface area contributed by atoms with Gasteiger partial charge in [-0.25, -0.2) is 0 Å². The molecule has 1 atom stereocenters. The lowest BCUT2D eigenvalue weighted by molar-refractivity contribution is -0.141. The molecular weight excluding hydrogens is 292 g/mol. The summed E-state index contributed by atoms with van der Waals surface area (Å²) in [4.78, 5) is 21.5. The monoisotopic (exact) mass is 326 g/mol. The van der Waals surface area contributed by atoms with Crippen LogP contribution in [0.1, 0.15) is 90.4 Å². The number of carboxylic acid groups (broad SMARTS) is 2. The molecule has 0 aliphatic carbocycles. The van der Waals surface area contributed by atoms with Crippen LogP contribution in [-0.2, 0) is 9.59 Å². The summed E-state index contributed by atoms with van der Waals surface area (Å²) in [5, 5.41) is 17.6. The van der Waals surface area contributed by atoms with E-state index in [-0.39, 0.29) is 12.8 Å². The Morgan fingerprint density at radius 3 is 1.87 bits per heavy atom. The van der Waals surface area contributed by atoms with Crippen molar-refractivity contribution >= 4 is 11.9 Å². The first-order valence-corrected chi connectivity index (χ1v) is 9.19. The lowest BCUT2D eigenvalue weighted by Crippen LogP contribution is -2.12. The Bertz CT molecular complexity index is 336. The number of rotatable bonds is 16. The van der Waals surface area contributed by atoms with E-state index in [1.54, 1.807) is 6.08 Å². The van der Waals surface area contributed by atoms with E-state index < -0.39 is 17.9 Å². The third-order valence-corrected chi connectivity index (χ3v) is 4.08. The largest absolute Gasteiger partial charge is 0.481 e. The van der Waals surface area contributed by atoms with Crippen LogP contribution < -0.4 is 0 Å². The van der Waals surface area contributed by atoms with Gasteiger partial charge in [0, 0.05) is 6.42 Å². The van der Waals surface area contributed by atoms with Crippen molar-refractivity contribution in [1.82, 2.24) is 0 Å². The first-order chi connectivity index (χ1) is 11.1. The fraction of sp³-hybridized carbons (Fsp3) is 0.789. The highest BCUT2D eigenvalue weighted by Gasteiger charge is 2.14. The maximum atomic E-state index is 11.0. The van der Waals surface area contributed by atoms with Crippen molar-refractivity contribution in [2.24, 2.45) is 5.92 Å². The predicted molar refractivity (Wildman–Crippen MR) is 93.6 cm³/mol. The van der Waals surface area contributed by atoms with Gasteiger partial charge in [-0.2, -0.15) is 0 Å². The molecule has 0 aromatic carbocycles. The molecule has 2 N–H and O–H groups in total. The normalized spacial score (nSPS) is 12.6. The second kappa shape index (κ2) is 15.6. The topological polar surface area (TPSA) is 74.6 Å². The molecule has 0 aromatic rings. The maximum Gasteiger partial charge on any atom is 0.310 e. The third-order valence-electron chi connectivity index (χ3n) is 4.08. The molecule has 0 radical (unpaired) electrons. The molecule has 0 fully saturated rings. The Morgan fingerprint density at radius 2 is 1.39 bits per heavy atom. The van der Waals surface area contributed by atoms with Crippen LogP contribution in [0.25, 0.3) is 0 Å². The fourth-order valence-corrected chi connectivity index (χ4v) is 2.59. The van der Waals surface area contributed by atoms with Gasteiger partial charge in [0.1, 0.15) is 0 Å². The summed E-state index contributed by atoms with van der Waals surface area (Å²) in [5.74, 6) is -2.56. The highest BCUT2D eigenvalue weighted by atomic mass is 16.4. The molecule has 0 bridgehead atoms. The molecule has 0 amide bonds. The van der Waals surface area contributed by atoms with Crippen LogP contribution in [0.3, 0.4) is 0 Å². The van der Waals surface area contributed by atoms with Crippen LogP contribution in [0.4, 0.5) is 0 Å². The number of aliphatic carboxylic acids is 2.